The summed E-state index contributed by atoms with van der Waals surface area (Å²) in [6.45, 7) is 1.07. The van der Waals surface area contributed by atoms with E-state index in [4.69, 9.17) is 4.74 Å². The number of ether oxygens (including phenoxy) is 2. The van der Waals surface area contributed by atoms with Crippen LogP contribution in [0.2, 0.25) is 0 Å². The number of rotatable bonds is 6. The highest BCUT2D eigenvalue weighted by Crippen LogP contribution is 2.31. The summed E-state index contributed by atoms with van der Waals surface area (Å²) in [4.78, 5) is 23.6. The van der Waals surface area contributed by atoms with Crippen molar-refractivity contribution in [1.82, 2.24) is 0 Å². The van der Waals surface area contributed by atoms with Crippen LogP contribution in [0.4, 0.5) is 22.0 Å². The van der Waals surface area contributed by atoms with Gasteiger partial charge in [0.15, 0.2) is 0 Å². The van der Waals surface area contributed by atoms with Crippen LogP contribution in [0, 0.1) is 42.1 Å². The Labute approximate surface area is 204 Å². The molecule has 0 saturated carbocycles. The maximum atomic E-state index is 13.6. The Hall–Kier alpha value is -1.60. The van der Waals surface area contributed by atoms with Crippen LogP contribution >= 0.6 is 45.2 Å². The Morgan fingerprint density at radius 3 is 1.81 bits per heavy atom. The van der Waals surface area contributed by atoms with Gasteiger partial charge < -0.3 is 9.47 Å². The fraction of sp³-hybridized carbons (Fsp3) is 0.176. The minimum atomic E-state index is -4.54. The van der Waals surface area contributed by atoms with Crippen LogP contribution in [0.3, 0.4) is 0 Å². The molecular formula is C17H9F5I2O7S. The van der Waals surface area contributed by atoms with Gasteiger partial charge >= 0.3 is 11.9 Å². The molecule has 0 aliphatic rings. The van der Waals surface area contributed by atoms with Gasteiger partial charge in [-0.15, -0.1) is 0 Å². The molecule has 0 aliphatic heterocycles. The number of hydrogen-bond acceptors (Lipinski definition) is 6. The SMILES string of the molecule is CC(CC(=O)Oc1cc(I)c(S(=O)(=O)O)c(I)c1)C(=O)Oc1c(F)c(F)c(F)c(F)c1F. The summed E-state index contributed by atoms with van der Waals surface area (Å²) >= 11 is 3.15. The molecule has 1 atom stereocenters. The summed E-state index contributed by atoms with van der Waals surface area (Å²) < 4.78 is 108. The van der Waals surface area contributed by atoms with E-state index in [0.29, 0.717) is 0 Å². The number of halogens is 7. The van der Waals surface area contributed by atoms with Gasteiger partial charge in [-0.2, -0.15) is 17.2 Å². The topological polar surface area (TPSA) is 107 Å². The molecule has 0 spiro atoms. The fourth-order valence-electron chi connectivity index (χ4n) is 2.22. The first-order valence-electron chi connectivity index (χ1n) is 8.05. The normalized spacial score (nSPS) is 12.4. The molecule has 0 aromatic heterocycles. The van der Waals surface area contributed by atoms with Crippen LogP contribution in [0.25, 0.3) is 0 Å². The standard InChI is InChI=1S/C17H9F5I2O7S/c1-5(17(26)31-15-13(21)11(19)10(18)12(20)14(15)22)2-9(25)30-6-3-7(23)16(8(24)4-6)32(27,28)29/h3-5H,2H2,1H3,(H,27,28,29). The van der Waals surface area contributed by atoms with Crippen molar-refractivity contribution in [3.63, 3.8) is 0 Å². The average Bonchev–Trinajstić information content (AvgIpc) is 2.66. The molecule has 0 fully saturated rings. The molecule has 2 rings (SSSR count). The van der Waals surface area contributed by atoms with E-state index in [0.717, 1.165) is 19.1 Å². The lowest BCUT2D eigenvalue weighted by Gasteiger charge is -2.13. The summed E-state index contributed by atoms with van der Waals surface area (Å²) in [5.74, 6) is -17.7. The molecule has 2 aromatic rings. The van der Waals surface area contributed by atoms with E-state index in [9.17, 15) is 44.5 Å². The molecule has 32 heavy (non-hydrogen) atoms. The third-order valence-electron chi connectivity index (χ3n) is 3.71. The second kappa shape index (κ2) is 10.1. The van der Waals surface area contributed by atoms with E-state index >= 15 is 0 Å². The van der Waals surface area contributed by atoms with Crippen LogP contribution in [0.15, 0.2) is 17.0 Å². The minimum Gasteiger partial charge on any atom is -0.426 e. The van der Waals surface area contributed by atoms with Gasteiger partial charge in [-0.05, 0) is 57.3 Å². The minimum absolute atomic E-state index is 0.0265. The van der Waals surface area contributed by atoms with Gasteiger partial charge in [0.1, 0.15) is 10.6 Å². The Bertz CT molecular complexity index is 1170. The second-order valence-electron chi connectivity index (χ2n) is 6.09. The smallest absolute Gasteiger partial charge is 0.314 e. The average molecular weight is 706 g/mol. The molecule has 15 heteroatoms. The van der Waals surface area contributed by atoms with E-state index in [1.54, 1.807) is 45.2 Å². The lowest BCUT2D eigenvalue weighted by molar-refractivity contribution is -0.144. The molecule has 0 amide bonds. The predicted octanol–water partition coefficient (Wildman–Crippen LogP) is 4.38. The van der Waals surface area contributed by atoms with E-state index in [1.165, 1.54) is 0 Å². The summed E-state index contributed by atoms with van der Waals surface area (Å²) in [6, 6.07) is 2.23. The molecule has 0 bridgehead atoms. The monoisotopic (exact) mass is 706 g/mol. The zero-order valence-corrected chi connectivity index (χ0v) is 20.5. The van der Waals surface area contributed by atoms with Crippen molar-refractivity contribution in [2.45, 2.75) is 18.2 Å². The van der Waals surface area contributed by atoms with Gasteiger partial charge in [-0.3, -0.25) is 14.1 Å². The maximum Gasteiger partial charge on any atom is 0.314 e. The van der Waals surface area contributed by atoms with E-state index in [-0.39, 0.29) is 12.9 Å². The van der Waals surface area contributed by atoms with Crippen LogP contribution in [0.1, 0.15) is 13.3 Å². The largest absolute Gasteiger partial charge is 0.426 e. The highest BCUT2D eigenvalue weighted by Gasteiger charge is 2.30. The molecule has 0 radical (unpaired) electrons. The first kappa shape index (κ1) is 26.7. The quantitative estimate of drug-likeness (QED) is 0.0905. The van der Waals surface area contributed by atoms with Gasteiger partial charge in [-0.25, -0.2) is 13.2 Å². The van der Waals surface area contributed by atoms with Gasteiger partial charge in [0.05, 0.1) is 12.3 Å². The van der Waals surface area contributed by atoms with Crippen molar-refractivity contribution in [2.24, 2.45) is 5.92 Å². The Morgan fingerprint density at radius 1 is 0.938 bits per heavy atom. The third-order valence-corrected chi connectivity index (χ3v) is 7.10. The van der Waals surface area contributed by atoms with Crippen molar-refractivity contribution in [1.29, 1.82) is 0 Å². The van der Waals surface area contributed by atoms with E-state index < -0.39 is 74.1 Å². The molecule has 0 heterocycles. The summed E-state index contributed by atoms with van der Waals surface area (Å²) in [5, 5.41) is 0. The first-order chi connectivity index (χ1) is 14.6. The lowest BCUT2D eigenvalue weighted by atomic mass is 10.1. The molecule has 1 unspecified atom stereocenters. The zero-order chi connectivity index (χ0) is 24.5. The highest BCUT2D eigenvalue weighted by molar-refractivity contribution is 14.1. The third kappa shape index (κ3) is 5.84. The molecule has 2 aromatic carbocycles. The van der Waals surface area contributed by atoms with Gasteiger partial charge in [0, 0.05) is 7.14 Å². The highest BCUT2D eigenvalue weighted by atomic mass is 127. The maximum absolute atomic E-state index is 13.6. The molecule has 0 aliphatic carbocycles. The second-order valence-corrected chi connectivity index (χ2v) is 9.77. The number of hydrogen-bond donors (Lipinski definition) is 1. The number of carbonyl (C=O) groups excluding carboxylic acids is 2. The number of benzene rings is 2. The number of carbonyl (C=O) groups is 2. The van der Waals surface area contributed by atoms with Crippen LogP contribution in [-0.4, -0.2) is 24.9 Å². The van der Waals surface area contributed by atoms with Gasteiger partial charge in [-0.1, -0.05) is 6.92 Å². The van der Waals surface area contributed by atoms with Crippen molar-refractivity contribution in [3.8, 4) is 11.5 Å². The predicted molar refractivity (Wildman–Crippen MR) is 113 cm³/mol. The van der Waals surface area contributed by atoms with E-state index in [2.05, 4.69) is 4.74 Å². The molecular weight excluding hydrogens is 697 g/mol. The summed E-state index contributed by atoms with van der Waals surface area (Å²) in [5.41, 5.74) is 0. The van der Waals surface area contributed by atoms with Gasteiger partial charge in [0.25, 0.3) is 10.1 Å². The molecule has 1 N–H and O–H groups in total. The van der Waals surface area contributed by atoms with Crippen molar-refractivity contribution >= 4 is 67.2 Å². The van der Waals surface area contributed by atoms with E-state index in [1.807, 2.05) is 0 Å². The van der Waals surface area contributed by atoms with Gasteiger partial charge in [0.2, 0.25) is 34.8 Å². The van der Waals surface area contributed by atoms with Crippen LogP contribution < -0.4 is 9.47 Å². The zero-order valence-electron chi connectivity index (χ0n) is 15.4. The first-order valence-corrected chi connectivity index (χ1v) is 11.6. The van der Waals surface area contributed by atoms with Crippen molar-refractivity contribution < 1.29 is 54.0 Å². The molecule has 0 saturated heterocycles. The summed E-state index contributed by atoms with van der Waals surface area (Å²) in [6.07, 6.45) is -0.721. The Kier molecular flexibility index (Phi) is 8.43. The fourth-order valence-corrected chi connectivity index (χ4v) is 6.22. The lowest BCUT2D eigenvalue weighted by Crippen LogP contribution is -2.24. The Balaban J connectivity index is 2.13. The van der Waals surface area contributed by atoms with Crippen molar-refractivity contribution in [3.05, 3.63) is 48.4 Å². The molecule has 174 valence electrons. The van der Waals surface area contributed by atoms with Crippen LogP contribution in [-0.2, 0) is 19.7 Å². The Morgan fingerprint density at radius 2 is 1.38 bits per heavy atom. The molecule has 7 nitrogen and oxygen atoms in total. The summed E-state index contributed by atoms with van der Waals surface area (Å²) in [7, 11) is -4.54. The van der Waals surface area contributed by atoms with Crippen molar-refractivity contribution in [2.75, 3.05) is 0 Å². The number of esters is 2. The van der Waals surface area contributed by atoms with Crippen LogP contribution in [0.5, 0.6) is 11.5 Å².